The lowest BCUT2D eigenvalue weighted by atomic mass is 9.94. The van der Waals surface area contributed by atoms with Gasteiger partial charge in [-0.05, 0) is 44.0 Å². The molecule has 4 rings (SSSR count). The Labute approximate surface area is 192 Å². The molecule has 0 aliphatic heterocycles. The van der Waals surface area contributed by atoms with Crippen LogP contribution in [0.3, 0.4) is 0 Å². The Balaban J connectivity index is 1.51. The molecule has 7 heteroatoms. The molecule has 1 fully saturated rings. The van der Waals surface area contributed by atoms with Crippen LogP contribution in [0.5, 0.6) is 23.0 Å². The van der Waals surface area contributed by atoms with E-state index < -0.39 is 0 Å². The smallest absolute Gasteiger partial charge is 0.260 e. The molecule has 174 valence electrons. The third-order valence-electron chi connectivity index (χ3n) is 6.15. The number of fused-ring (bicyclic) bond motifs is 1. The highest BCUT2D eigenvalue weighted by Gasteiger charge is 2.22. The Morgan fingerprint density at radius 2 is 1.82 bits per heavy atom. The minimum Gasteiger partial charge on any atom is -0.493 e. The van der Waals surface area contributed by atoms with Crippen LogP contribution in [-0.4, -0.2) is 37.6 Å². The molecule has 0 unspecified atom stereocenters. The first-order chi connectivity index (χ1) is 16.0. The van der Waals surface area contributed by atoms with Gasteiger partial charge >= 0.3 is 0 Å². The molecule has 1 aliphatic rings. The first-order valence-corrected chi connectivity index (χ1v) is 11.2. The maximum atomic E-state index is 13.1. The Hall–Kier alpha value is -3.48. The monoisotopic (exact) mass is 451 g/mol. The second kappa shape index (κ2) is 9.98. The number of methoxy groups -OCH3 is 1. The minimum atomic E-state index is -0.292. The van der Waals surface area contributed by atoms with Crippen molar-refractivity contribution in [2.45, 2.75) is 45.1 Å². The number of rotatable bonds is 7. The second-order valence-corrected chi connectivity index (χ2v) is 8.31. The second-order valence-electron chi connectivity index (χ2n) is 8.31. The molecule has 1 aliphatic carbocycles. The van der Waals surface area contributed by atoms with E-state index in [-0.39, 0.29) is 29.7 Å². The summed E-state index contributed by atoms with van der Waals surface area (Å²) in [5.74, 6) is 1.79. The number of likely N-dealkylation sites (N-methyl/N-ethyl adjacent to an activating group) is 1. The van der Waals surface area contributed by atoms with Gasteiger partial charge in [-0.15, -0.1) is 0 Å². The van der Waals surface area contributed by atoms with Crippen LogP contribution in [0.15, 0.2) is 51.7 Å². The van der Waals surface area contributed by atoms with E-state index in [4.69, 9.17) is 18.6 Å². The zero-order valence-electron chi connectivity index (χ0n) is 19.3. The maximum Gasteiger partial charge on any atom is 0.260 e. The molecule has 0 atom stereocenters. The number of ether oxygens (including phenoxy) is 3. The van der Waals surface area contributed by atoms with E-state index >= 15 is 0 Å². The van der Waals surface area contributed by atoms with E-state index in [0.29, 0.717) is 34.0 Å². The van der Waals surface area contributed by atoms with Crippen molar-refractivity contribution in [1.82, 2.24) is 4.90 Å². The fourth-order valence-corrected chi connectivity index (χ4v) is 4.21. The lowest BCUT2D eigenvalue weighted by Gasteiger charge is -2.31. The van der Waals surface area contributed by atoms with Crippen molar-refractivity contribution in [3.8, 4) is 23.0 Å². The van der Waals surface area contributed by atoms with Crippen molar-refractivity contribution in [2.75, 3.05) is 20.8 Å². The predicted molar refractivity (Wildman–Crippen MR) is 125 cm³/mol. The minimum absolute atomic E-state index is 0.0554. The average molecular weight is 452 g/mol. The fraction of sp³-hybridized carbons (Fsp3) is 0.385. The lowest BCUT2D eigenvalue weighted by molar-refractivity contribution is -0.134. The number of carbonyl (C=O) groups is 1. The zero-order valence-corrected chi connectivity index (χ0v) is 19.3. The molecule has 3 aromatic rings. The van der Waals surface area contributed by atoms with E-state index in [0.717, 1.165) is 25.7 Å². The summed E-state index contributed by atoms with van der Waals surface area (Å²) in [6, 6.07) is 12.3. The Kier molecular flexibility index (Phi) is 6.87. The highest BCUT2D eigenvalue weighted by atomic mass is 16.5. The van der Waals surface area contributed by atoms with Crippen molar-refractivity contribution in [1.29, 1.82) is 0 Å². The summed E-state index contributed by atoms with van der Waals surface area (Å²) in [5.41, 5.74) is 0.0785. The summed E-state index contributed by atoms with van der Waals surface area (Å²) in [5, 5.41) is 0.364. The number of hydrogen-bond donors (Lipinski definition) is 0. The van der Waals surface area contributed by atoms with Gasteiger partial charge in [-0.3, -0.25) is 9.59 Å². The molecule has 7 nitrogen and oxygen atoms in total. The van der Waals surface area contributed by atoms with E-state index in [1.165, 1.54) is 13.5 Å². The molecule has 0 radical (unpaired) electrons. The largest absolute Gasteiger partial charge is 0.493 e. The van der Waals surface area contributed by atoms with Crippen molar-refractivity contribution in [3.63, 3.8) is 0 Å². The predicted octanol–water partition coefficient (Wildman–Crippen LogP) is 5.07. The van der Waals surface area contributed by atoms with Gasteiger partial charge in [0, 0.05) is 19.2 Å². The van der Waals surface area contributed by atoms with Crippen LogP contribution in [0, 0.1) is 6.92 Å². The van der Waals surface area contributed by atoms with Gasteiger partial charge in [0.15, 0.2) is 18.1 Å². The van der Waals surface area contributed by atoms with E-state index in [1.54, 1.807) is 48.2 Å². The Morgan fingerprint density at radius 3 is 2.55 bits per heavy atom. The lowest BCUT2D eigenvalue weighted by Crippen LogP contribution is -2.40. The summed E-state index contributed by atoms with van der Waals surface area (Å²) in [7, 11) is 3.38. The third kappa shape index (κ3) is 4.97. The number of carbonyl (C=O) groups excluding carboxylic acids is 1. The SMILES string of the molecule is COc1ccccc1Oc1c(C)oc2cc(OCC(=O)N(C)C3CCCCC3)ccc2c1=O. The highest BCUT2D eigenvalue weighted by molar-refractivity contribution is 5.80. The van der Waals surface area contributed by atoms with E-state index in [9.17, 15) is 9.59 Å². The van der Waals surface area contributed by atoms with Gasteiger partial charge < -0.3 is 23.5 Å². The molecule has 1 amide bonds. The zero-order chi connectivity index (χ0) is 23.4. The molecule has 0 N–H and O–H groups in total. The topological polar surface area (TPSA) is 78.2 Å². The van der Waals surface area contributed by atoms with Crippen molar-refractivity contribution >= 4 is 16.9 Å². The van der Waals surface area contributed by atoms with Crippen molar-refractivity contribution < 1.29 is 23.4 Å². The molecule has 0 bridgehead atoms. The summed E-state index contributed by atoms with van der Waals surface area (Å²) in [6.07, 6.45) is 5.65. The molecule has 0 saturated heterocycles. The first-order valence-electron chi connectivity index (χ1n) is 11.2. The molecular formula is C26H29NO6. The Bertz CT molecular complexity index is 1200. The van der Waals surface area contributed by atoms with Gasteiger partial charge in [0.25, 0.3) is 5.91 Å². The van der Waals surface area contributed by atoms with Gasteiger partial charge in [0.2, 0.25) is 11.2 Å². The number of aryl methyl sites for hydroxylation is 1. The van der Waals surface area contributed by atoms with Crippen LogP contribution >= 0.6 is 0 Å². The summed E-state index contributed by atoms with van der Waals surface area (Å²) < 4.78 is 22.7. The fourth-order valence-electron chi connectivity index (χ4n) is 4.21. The van der Waals surface area contributed by atoms with Gasteiger partial charge in [-0.25, -0.2) is 0 Å². The van der Waals surface area contributed by atoms with Gasteiger partial charge in [-0.1, -0.05) is 31.4 Å². The van der Waals surface area contributed by atoms with Gasteiger partial charge in [0.1, 0.15) is 17.1 Å². The summed E-state index contributed by atoms with van der Waals surface area (Å²) in [6.45, 7) is 1.61. The highest BCUT2D eigenvalue weighted by Crippen LogP contribution is 2.32. The number of nitrogens with zero attached hydrogens (tertiary/aromatic N) is 1. The molecular weight excluding hydrogens is 422 g/mol. The molecule has 0 spiro atoms. The first kappa shape index (κ1) is 22.7. The van der Waals surface area contributed by atoms with E-state index in [2.05, 4.69) is 0 Å². The molecule has 1 heterocycles. The van der Waals surface area contributed by atoms with Crippen LogP contribution in [0.2, 0.25) is 0 Å². The van der Waals surface area contributed by atoms with Gasteiger partial charge in [-0.2, -0.15) is 0 Å². The van der Waals surface area contributed by atoms with Crippen molar-refractivity contribution in [2.24, 2.45) is 0 Å². The number of amides is 1. The van der Waals surface area contributed by atoms with Gasteiger partial charge in [0.05, 0.1) is 12.5 Å². The van der Waals surface area contributed by atoms with Crippen LogP contribution < -0.4 is 19.6 Å². The number of benzene rings is 2. The molecule has 33 heavy (non-hydrogen) atoms. The average Bonchev–Trinajstić information content (AvgIpc) is 2.85. The number of hydrogen-bond acceptors (Lipinski definition) is 6. The Morgan fingerprint density at radius 1 is 1.09 bits per heavy atom. The molecule has 2 aromatic carbocycles. The quantitative estimate of drug-likeness (QED) is 0.499. The van der Waals surface area contributed by atoms with Crippen LogP contribution in [-0.2, 0) is 4.79 Å². The third-order valence-corrected chi connectivity index (χ3v) is 6.15. The normalized spacial score (nSPS) is 14.2. The van der Waals surface area contributed by atoms with E-state index in [1.807, 2.05) is 13.1 Å². The molecule has 1 saturated carbocycles. The van der Waals surface area contributed by atoms with Crippen LogP contribution in [0.4, 0.5) is 0 Å². The summed E-state index contributed by atoms with van der Waals surface area (Å²) in [4.78, 5) is 27.4. The molecule has 1 aromatic heterocycles. The van der Waals surface area contributed by atoms with Crippen LogP contribution in [0.1, 0.15) is 37.9 Å². The van der Waals surface area contributed by atoms with Crippen molar-refractivity contribution in [3.05, 3.63) is 58.4 Å². The summed E-state index contributed by atoms with van der Waals surface area (Å²) >= 11 is 0. The maximum absolute atomic E-state index is 13.1. The standard InChI is InChI=1S/C26H29NO6/c1-17-26(33-22-12-8-7-11-21(22)30-3)25(29)20-14-13-19(15-23(20)32-17)31-16-24(28)27(2)18-9-5-4-6-10-18/h7-8,11-15,18H,4-6,9-10,16H2,1-3H3. The number of para-hydroxylation sites is 2. The van der Waals surface area contributed by atoms with Crippen LogP contribution in [0.25, 0.3) is 11.0 Å².